The van der Waals surface area contributed by atoms with E-state index in [0.717, 1.165) is 27.6 Å². The minimum atomic E-state index is -3.69. The number of thiophene rings is 1. The van der Waals surface area contributed by atoms with Crippen LogP contribution in [0.5, 0.6) is 11.5 Å². The van der Waals surface area contributed by atoms with Crippen LogP contribution < -0.4 is 14.8 Å². The van der Waals surface area contributed by atoms with E-state index < -0.39 is 15.9 Å². The Morgan fingerprint density at radius 1 is 1.44 bits per heavy atom. The van der Waals surface area contributed by atoms with Gasteiger partial charge < -0.3 is 14.8 Å². The Kier molecular flexibility index (Phi) is 5.73. The Morgan fingerprint density at radius 3 is 2.89 bits per heavy atom. The third-order valence-corrected chi connectivity index (χ3v) is 7.27. The van der Waals surface area contributed by atoms with E-state index >= 15 is 0 Å². The first-order valence-electron chi connectivity index (χ1n) is 8.57. The number of nitrogens with zero attached hydrogens (tertiary/aromatic N) is 1. The van der Waals surface area contributed by atoms with Crippen LogP contribution in [0.1, 0.15) is 19.4 Å². The van der Waals surface area contributed by atoms with Crippen molar-refractivity contribution in [2.75, 3.05) is 25.5 Å². The number of benzene rings is 1. The van der Waals surface area contributed by atoms with Gasteiger partial charge >= 0.3 is 0 Å². The Hall–Kier alpha value is -2.10. The summed E-state index contributed by atoms with van der Waals surface area (Å²) in [5.41, 5.74) is 1.50. The Morgan fingerprint density at radius 2 is 2.22 bits per heavy atom. The molecule has 1 aliphatic rings. The molecular weight excluding hydrogens is 388 g/mol. The summed E-state index contributed by atoms with van der Waals surface area (Å²) in [6.07, 6.45) is 0.855. The van der Waals surface area contributed by atoms with Gasteiger partial charge in [-0.3, -0.25) is 4.79 Å². The molecule has 9 heteroatoms. The monoisotopic (exact) mass is 410 g/mol. The SMILES string of the molecule is CCOc1cc2c(cc1NC(=O)CN(C)S(=O)(=O)c1cccs1)O[C@H](C)C2. The van der Waals surface area contributed by atoms with Crippen molar-refractivity contribution < 1.29 is 22.7 Å². The highest BCUT2D eigenvalue weighted by atomic mass is 32.2. The lowest BCUT2D eigenvalue weighted by molar-refractivity contribution is -0.116. The molecule has 0 saturated heterocycles. The fourth-order valence-electron chi connectivity index (χ4n) is 2.85. The van der Waals surface area contributed by atoms with Gasteiger partial charge in [-0.1, -0.05) is 6.07 Å². The maximum Gasteiger partial charge on any atom is 0.252 e. The van der Waals surface area contributed by atoms with Crippen LogP contribution in [0.2, 0.25) is 0 Å². The number of likely N-dealkylation sites (N-methyl/N-ethyl adjacent to an activating group) is 1. The van der Waals surface area contributed by atoms with Gasteiger partial charge in [-0.15, -0.1) is 11.3 Å². The number of hydrogen-bond acceptors (Lipinski definition) is 6. The molecule has 2 heterocycles. The molecule has 146 valence electrons. The highest BCUT2D eigenvalue weighted by Gasteiger charge is 2.26. The van der Waals surface area contributed by atoms with Gasteiger partial charge in [-0.05, 0) is 31.4 Å². The Labute approximate surface area is 163 Å². The van der Waals surface area contributed by atoms with Gasteiger partial charge in [0.1, 0.15) is 21.8 Å². The molecule has 0 aliphatic carbocycles. The van der Waals surface area contributed by atoms with E-state index in [-0.39, 0.29) is 16.9 Å². The molecule has 1 aromatic carbocycles. The second-order valence-corrected chi connectivity index (χ2v) is 9.48. The van der Waals surface area contributed by atoms with E-state index in [1.165, 1.54) is 13.1 Å². The highest BCUT2D eigenvalue weighted by molar-refractivity contribution is 7.91. The number of anilines is 1. The summed E-state index contributed by atoms with van der Waals surface area (Å²) in [5, 5.41) is 4.42. The quantitative estimate of drug-likeness (QED) is 0.759. The summed E-state index contributed by atoms with van der Waals surface area (Å²) in [4.78, 5) is 12.4. The highest BCUT2D eigenvalue weighted by Crippen LogP contribution is 2.38. The summed E-state index contributed by atoms with van der Waals surface area (Å²) in [5.74, 6) is 0.802. The first kappa shape index (κ1) is 19.7. The van der Waals surface area contributed by atoms with Gasteiger partial charge in [0.25, 0.3) is 10.0 Å². The van der Waals surface area contributed by atoms with Crippen LogP contribution in [0.3, 0.4) is 0 Å². The number of hydrogen-bond donors (Lipinski definition) is 1. The van der Waals surface area contributed by atoms with Crippen LogP contribution in [-0.4, -0.2) is 44.9 Å². The summed E-state index contributed by atoms with van der Waals surface area (Å²) in [7, 11) is -2.30. The normalized spacial score (nSPS) is 16.1. The summed E-state index contributed by atoms with van der Waals surface area (Å²) < 4.78 is 37.5. The number of sulfonamides is 1. The van der Waals surface area contributed by atoms with Crippen molar-refractivity contribution >= 4 is 33.0 Å². The molecule has 0 unspecified atom stereocenters. The van der Waals surface area contributed by atoms with Crippen molar-refractivity contribution in [2.24, 2.45) is 0 Å². The lowest BCUT2D eigenvalue weighted by Crippen LogP contribution is -2.34. The number of carbonyl (C=O) groups excluding carboxylic acids is 1. The summed E-state index contributed by atoms with van der Waals surface area (Å²) in [6.45, 7) is 3.98. The van der Waals surface area contributed by atoms with Crippen molar-refractivity contribution in [1.82, 2.24) is 4.31 Å². The molecule has 0 bridgehead atoms. The molecule has 3 rings (SSSR count). The molecule has 27 heavy (non-hydrogen) atoms. The van der Waals surface area contributed by atoms with Crippen LogP contribution in [0.4, 0.5) is 5.69 Å². The van der Waals surface area contributed by atoms with Crippen LogP contribution in [0.15, 0.2) is 33.9 Å². The first-order chi connectivity index (χ1) is 12.8. The summed E-state index contributed by atoms with van der Waals surface area (Å²) in [6, 6.07) is 6.77. The number of ether oxygens (including phenoxy) is 2. The average Bonchev–Trinajstić information content (AvgIpc) is 3.24. The van der Waals surface area contributed by atoms with Gasteiger partial charge in [-0.2, -0.15) is 4.31 Å². The van der Waals surface area contributed by atoms with Crippen molar-refractivity contribution in [1.29, 1.82) is 0 Å². The van der Waals surface area contributed by atoms with E-state index in [9.17, 15) is 13.2 Å². The minimum Gasteiger partial charge on any atom is -0.492 e. The fourth-order valence-corrected chi connectivity index (χ4v) is 5.18. The third kappa shape index (κ3) is 4.26. The van der Waals surface area contributed by atoms with Gasteiger partial charge in [0.15, 0.2) is 0 Å². The van der Waals surface area contributed by atoms with Gasteiger partial charge in [0.05, 0.1) is 18.8 Å². The van der Waals surface area contributed by atoms with Crippen molar-refractivity contribution in [2.45, 2.75) is 30.6 Å². The van der Waals surface area contributed by atoms with Crippen LogP contribution in [-0.2, 0) is 21.2 Å². The lowest BCUT2D eigenvalue weighted by Gasteiger charge is -2.17. The molecule has 7 nitrogen and oxygen atoms in total. The second-order valence-electron chi connectivity index (χ2n) is 6.26. The van der Waals surface area contributed by atoms with Crippen LogP contribution in [0.25, 0.3) is 0 Å². The number of fused-ring (bicyclic) bond motifs is 1. The molecule has 0 fully saturated rings. The third-order valence-electron chi connectivity index (χ3n) is 4.10. The van der Waals surface area contributed by atoms with E-state index in [1.807, 2.05) is 19.9 Å². The zero-order valence-corrected chi connectivity index (χ0v) is 17.0. The zero-order chi connectivity index (χ0) is 19.6. The molecule has 1 atom stereocenters. The smallest absolute Gasteiger partial charge is 0.252 e. The molecule has 1 aromatic heterocycles. The van der Waals surface area contributed by atoms with E-state index in [0.29, 0.717) is 23.8 Å². The second kappa shape index (κ2) is 7.87. The van der Waals surface area contributed by atoms with E-state index in [2.05, 4.69) is 5.32 Å². The topological polar surface area (TPSA) is 84.9 Å². The molecular formula is C18H22N2O5S2. The van der Waals surface area contributed by atoms with E-state index in [4.69, 9.17) is 9.47 Å². The molecule has 1 N–H and O–H groups in total. The fraction of sp³-hybridized carbons (Fsp3) is 0.389. The van der Waals surface area contributed by atoms with E-state index in [1.54, 1.807) is 17.5 Å². The number of amides is 1. The lowest BCUT2D eigenvalue weighted by atomic mass is 10.1. The predicted molar refractivity (Wildman–Crippen MR) is 104 cm³/mol. The Balaban J connectivity index is 1.75. The largest absolute Gasteiger partial charge is 0.492 e. The van der Waals surface area contributed by atoms with Crippen LogP contribution in [0, 0.1) is 0 Å². The summed E-state index contributed by atoms with van der Waals surface area (Å²) >= 11 is 1.11. The number of carbonyl (C=O) groups is 1. The van der Waals surface area contributed by atoms with Gasteiger partial charge in [-0.25, -0.2) is 8.42 Å². The minimum absolute atomic E-state index is 0.0718. The van der Waals surface area contributed by atoms with Gasteiger partial charge in [0, 0.05) is 25.1 Å². The maximum absolute atomic E-state index is 12.5. The molecule has 0 radical (unpaired) electrons. The zero-order valence-electron chi connectivity index (χ0n) is 15.4. The molecule has 2 aromatic rings. The molecule has 0 spiro atoms. The Bertz CT molecular complexity index is 925. The van der Waals surface area contributed by atoms with Crippen molar-refractivity contribution in [3.63, 3.8) is 0 Å². The molecule has 1 aliphatic heterocycles. The number of nitrogens with one attached hydrogen (secondary N) is 1. The average molecular weight is 411 g/mol. The van der Waals surface area contributed by atoms with Gasteiger partial charge in [0.2, 0.25) is 5.91 Å². The molecule has 0 saturated carbocycles. The predicted octanol–water partition coefficient (Wildman–Crippen LogP) is 2.73. The first-order valence-corrected chi connectivity index (χ1v) is 10.9. The standard InChI is InChI=1S/C18H22N2O5S2/c1-4-24-16-9-13-8-12(2)25-15(13)10-14(16)19-17(21)11-20(3)27(22,23)18-6-5-7-26-18/h5-7,9-10,12H,4,8,11H2,1-3H3,(H,19,21)/t12-/m1/s1. The van der Waals surface area contributed by atoms with Crippen molar-refractivity contribution in [3.8, 4) is 11.5 Å². The van der Waals surface area contributed by atoms with Crippen molar-refractivity contribution in [3.05, 3.63) is 35.2 Å². The molecule has 1 amide bonds. The van der Waals surface area contributed by atoms with Crippen LogP contribution >= 0.6 is 11.3 Å². The maximum atomic E-state index is 12.5. The number of rotatable bonds is 7.